The van der Waals surface area contributed by atoms with E-state index in [0.717, 1.165) is 18.1 Å². The normalized spacial score (nSPS) is 27.2. The first-order valence-corrected chi connectivity index (χ1v) is 7.94. The first kappa shape index (κ1) is 14.7. The predicted octanol–water partition coefficient (Wildman–Crippen LogP) is 5.06. The molecular weight excluding hydrogens is 256 g/mol. The monoisotopic (exact) mass is 280 g/mol. The fourth-order valence-electron chi connectivity index (χ4n) is 3.36. The molecule has 1 aliphatic rings. The van der Waals surface area contributed by atoms with Crippen LogP contribution < -0.4 is 4.74 Å². The van der Waals surface area contributed by atoms with Gasteiger partial charge >= 0.3 is 0 Å². The Hall–Kier alpha value is -0.690. The molecule has 0 spiro atoms. The highest BCUT2D eigenvalue weighted by Gasteiger charge is 2.29. The van der Waals surface area contributed by atoms with Crippen molar-refractivity contribution in [1.29, 1.82) is 0 Å². The van der Waals surface area contributed by atoms with Gasteiger partial charge in [0.25, 0.3) is 0 Å². The van der Waals surface area contributed by atoms with Crippen LogP contribution in [0.5, 0.6) is 5.75 Å². The summed E-state index contributed by atoms with van der Waals surface area (Å²) >= 11 is 6.55. The van der Waals surface area contributed by atoms with Crippen molar-refractivity contribution in [3.63, 3.8) is 0 Å². The molecule has 1 fully saturated rings. The third-order valence-corrected chi connectivity index (χ3v) is 4.94. The van der Waals surface area contributed by atoms with Crippen molar-refractivity contribution in [2.75, 3.05) is 7.11 Å². The highest BCUT2D eigenvalue weighted by molar-refractivity contribution is 6.20. The van der Waals surface area contributed by atoms with Gasteiger partial charge in [0.1, 0.15) is 5.75 Å². The number of para-hydroxylation sites is 1. The highest BCUT2D eigenvalue weighted by Crippen LogP contribution is 2.38. The average molecular weight is 281 g/mol. The van der Waals surface area contributed by atoms with Crippen LogP contribution in [0.4, 0.5) is 0 Å². The minimum atomic E-state index is 0.331. The van der Waals surface area contributed by atoms with E-state index in [-0.39, 0.29) is 0 Å². The lowest BCUT2D eigenvalue weighted by atomic mass is 9.76. The first-order valence-electron chi connectivity index (χ1n) is 7.50. The molecule has 0 amide bonds. The van der Waals surface area contributed by atoms with Crippen molar-refractivity contribution >= 4 is 11.6 Å². The van der Waals surface area contributed by atoms with Crippen LogP contribution in [0, 0.1) is 11.8 Å². The lowest BCUT2D eigenvalue weighted by Gasteiger charge is -2.33. The topological polar surface area (TPSA) is 9.23 Å². The number of hydrogen-bond acceptors (Lipinski definition) is 1. The quantitative estimate of drug-likeness (QED) is 0.685. The second kappa shape index (κ2) is 7.19. The van der Waals surface area contributed by atoms with Crippen LogP contribution in [-0.2, 0) is 6.42 Å². The van der Waals surface area contributed by atoms with E-state index in [1.54, 1.807) is 7.11 Å². The van der Waals surface area contributed by atoms with Crippen LogP contribution in [0.15, 0.2) is 24.3 Å². The summed E-state index contributed by atoms with van der Waals surface area (Å²) in [4.78, 5) is 0. The molecule has 0 radical (unpaired) electrons. The average Bonchev–Trinajstić information content (AvgIpc) is 2.43. The van der Waals surface area contributed by atoms with Crippen LogP contribution in [0.25, 0.3) is 0 Å². The molecule has 1 saturated carbocycles. The van der Waals surface area contributed by atoms with Gasteiger partial charge in [0.2, 0.25) is 0 Å². The Morgan fingerprint density at radius 1 is 1.26 bits per heavy atom. The number of alkyl halides is 1. The third kappa shape index (κ3) is 3.89. The van der Waals surface area contributed by atoms with Crippen molar-refractivity contribution < 1.29 is 4.74 Å². The minimum absolute atomic E-state index is 0.331. The van der Waals surface area contributed by atoms with Crippen LogP contribution in [0.3, 0.4) is 0 Å². The second-order valence-electron chi connectivity index (χ2n) is 5.76. The Kier molecular flexibility index (Phi) is 5.57. The number of halogens is 1. The number of ether oxygens (including phenoxy) is 1. The fourth-order valence-corrected chi connectivity index (χ4v) is 3.68. The van der Waals surface area contributed by atoms with E-state index < -0.39 is 0 Å². The first-order chi connectivity index (χ1) is 9.24. The Morgan fingerprint density at radius 2 is 2.05 bits per heavy atom. The number of methoxy groups -OCH3 is 1. The summed E-state index contributed by atoms with van der Waals surface area (Å²) in [7, 11) is 1.75. The van der Waals surface area contributed by atoms with Gasteiger partial charge in [0, 0.05) is 5.38 Å². The Labute approximate surface area is 122 Å². The van der Waals surface area contributed by atoms with Crippen LogP contribution in [0.1, 0.15) is 44.6 Å². The molecule has 0 aliphatic heterocycles. The summed E-state index contributed by atoms with van der Waals surface area (Å²) in [5.74, 6) is 2.48. The van der Waals surface area contributed by atoms with E-state index in [1.165, 1.54) is 37.7 Å². The van der Waals surface area contributed by atoms with Gasteiger partial charge in [0.15, 0.2) is 0 Å². The smallest absolute Gasteiger partial charge is 0.122 e. The van der Waals surface area contributed by atoms with Gasteiger partial charge in [-0.15, -0.1) is 11.6 Å². The van der Waals surface area contributed by atoms with E-state index in [2.05, 4.69) is 19.1 Å². The van der Waals surface area contributed by atoms with Gasteiger partial charge < -0.3 is 4.74 Å². The van der Waals surface area contributed by atoms with Crippen LogP contribution >= 0.6 is 11.6 Å². The van der Waals surface area contributed by atoms with Gasteiger partial charge in [-0.1, -0.05) is 38.0 Å². The lowest BCUT2D eigenvalue weighted by molar-refractivity contribution is 0.255. The zero-order valence-electron chi connectivity index (χ0n) is 12.1. The molecule has 0 saturated heterocycles. The summed E-state index contributed by atoms with van der Waals surface area (Å²) in [6, 6.07) is 8.34. The molecule has 19 heavy (non-hydrogen) atoms. The highest BCUT2D eigenvalue weighted by atomic mass is 35.5. The Balaban J connectivity index is 2.03. The van der Waals surface area contributed by atoms with Gasteiger partial charge in [-0.3, -0.25) is 0 Å². The van der Waals surface area contributed by atoms with E-state index in [4.69, 9.17) is 16.3 Å². The molecular formula is C17H25ClO. The molecule has 0 N–H and O–H groups in total. The maximum atomic E-state index is 6.55. The maximum Gasteiger partial charge on any atom is 0.122 e. The van der Waals surface area contributed by atoms with Gasteiger partial charge in [0.05, 0.1) is 7.11 Å². The zero-order valence-corrected chi connectivity index (χ0v) is 12.8. The van der Waals surface area contributed by atoms with E-state index >= 15 is 0 Å². The largest absolute Gasteiger partial charge is 0.496 e. The standard InChI is InChI=1S/C17H25ClO/c1-3-6-13-9-10-16(18)15(11-13)12-14-7-4-5-8-17(14)19-2/h4-5,7-8,13,15-16H,3,6,9-12H2,1-2H3. The molecule has 1 aromatic carbocycles. The second-order valence-corrected chi connectivity index (χ2v) is 6.32. The van der Waals surface area contributed by atoms with Crippen molar-refractivity contribution in [3.05, 3.63) is 29.8 Å². The predicted molar refractivity (Wildman–Crippen MR) is 82.1 cm³/mol. The van der Waals surface area contributed by atoms with E-state index in [0.29, 0.717) is 11.3 Å². The Morgan fingerprint density at radius 3 is 2.79 bits per heavy atom. The van der Waals surface area contributed by atoms with Gasteiger partial charge in [-0.05, 0) is 49.1 Å². The molecule has 2 heteroatoms. The summed E-state index contributed by atoms with van der Waals surface area (Å²) in [5.41, 5.74) is 1.30. The molecule has 3 atom stereocenters. The molecule has 1 aliphatic carbocycles. The van der Waals surface area contributed by atoms with Crippen LogP contribution in [-0.4, -0.2) is 12.5 Å². The van der Waals surface area contributed by atoms with Crippen molar-refractivity contribution in [3.8, 4) is 5.75 Å². The molecule has 106 valence electrons. The minimum Gasteiger partial charge on any atom is -0.496 e. The molecule has 1 aromatic rings. The summed E-state index contributed by atoms with van der Waals surface area (Å²) < 4.78 is 5.45. The SMILES string of the molecule is CCCC1CCC(Cl)C(Cc2ccccc2OC)C1. The van der Waals surface area contributed by atoms with Crippen molar-refractivity contribution in [1.82, 2.24) is 0 Å². The molecule has 0 bridgehead atoms. The molecule has 3 unspecified atom stereocenters. The number of benzene rings is 1. The molecule has 1 nitrogen and oxygen atoms in total. The fraction of sp³-hybridized carbons (Fsp3) is 0.647. The summed E-state index contributed by atoms with van der Waals surface area (Å²) in [6.07, 6.45) is 7.46. The summed E-state index contributed by atoms with van der Waals surface area (Å²) in [5, 5.41) is 0.331. The van der Waals surface area contributed by atoms with E-state index in [9.17, 15) is 0 Å². The Bertz CT molecular complexity index is 391. The van der Waals surface area contributed by atoms with Crippen LogP contribution in [0.2, 0.25) is 0 Å². The molecule has 2 rings (SSSR count). The molecule has 0 heterocycles. The van der Waals surface area contributed by atoms with E-state index in [1.807, 2.05) is 12.1 Å². The molecule has 0 aromatic heterocycles. The number of rotatable bonds is 5. The van der Waals surface area contributed by atoms with Crippen molar-refractivity contribution in [2.24, 2.45) is 11.8 Å². The maximum absolute atomic E-state index is 6.55. The van der Waals surface area contributed by atoms with Crippen molar-refractivity contribution in [2.45, 2.75) is 50.8 Å². The van der Waals surface area contributed by atoms with Gasteiger partial charge in [-0.25, -0.2) is 0 Å². The number of hydrogen-bond donors (Lipinski definition) is 0. The summed E-state index contributed by atoms with van der Waals surface area (Å²) in [6.45, 7) is 2.28. The third-order valence-electron chi connectivity index (χ3n) is 4.37. The zero-order chi connectivity index (χ0) is 13.7. The van der Waals surface area contributed by atoms with Gasteiger partial charge in [-0.2, -0.15) is 0 Å². The lowest BCUT2D eigenvalue weighted by Crippen LogP contribution is -2.27.